The molecule has 1 rings (SSSR count). The molecule has 17 heavy (non-hydrogen) atoms. The van der Waals surface area contributed by atoms with E-state index >= 15 is 0 Å². The Balaban J connectivity index is 2.50. The highest BCUT2D eigenvalue weighted by molar-refractivity contribution is 6.37. The highest BCUT2D eigenvalue weighted by Crippen LogP contribution is 2.17. The number of rotatable bonds is 8. The Hall–Kier alpha value is -0.995. The van der Waals surface area contributed by atoms with Crippen molar-refractivity contribution >= 4 is 7.32 Å². The van der Waals surface area contributed by atoms with Crippen molar-refractivity contribution in [2.24, 2.45) is 0 Å². The van der Waals surface area contributed by atoms with Crippen LogP contribution in [0.15, 0.2) is 24.3 Å². The largest absolute Gasteiger partial charge is 0.713 e. The molecule has 0 unspecified atom stereocenters. The molecule has 0 N–H and O–H groups in total. The Labute approximate surface area is 104 Å². The van der Waals surface area contributed by atoms with Gasteiger partial charge in [-0.3, -0.25) is 0 Å². The van der Waals surface area contributed by atoms with Gasteiger partial charge >= 0.3 is 7.32 Å². The third-order valence-corrected chi connectivity index (χ3v) is 2.37. The molecule has 94 valence electrons. The van der Waals surface area contributed by atoms with Gasteiger partial charge in [0, 0.05) is 13.2 Å². The zero-order chi connectivity index (χ0) is 12.5. The van der Waals surface area contributed by atoms with E-state index in [0.717, 1.165) is 24.2 Å². The summed E-state index contributed by atoms with van der Waals surface area (Å²) in [7, 11) is -0.604. The van der Waals surface area contributed by atoms with E-state index in [1.165, 1.54) is 0 Å². The molecule has 0 aromatic heterocycles. The molecule has 0 aliphatic carbocycles. The SMILES string of the molecule is CCCCOB(OCC)Oc1ccccc1C. The van der Waals surface area contributed by atoms with Crippen molar-refractivity contribution in [2.75, 3.05) is 13.2 Å². The number of aryl methyl sites for hydroxylation is 1. The van der Waals surface area contributed by atoms with Gasteiger partial charge in [0.05, 0.1) is 0 Å². The molecule has 3 nitrogen and oxygen atoms in total. The average molecular weight is 236 g/mol. The van der Waals surface area contributed by atoms with E-state index in [0.29, 0.717) is 13.2 Å². The topological polar surface area (TPSA) is 27.7 Å². The molecular weight excluding hydrogens is 215 g/mol. The van der Waals surface area contributed by atoms with E-state index < -0.39 is 7.32 Å². The molecule has 0 fully saturated rings. The van der Waals surface area contributed by atoms with E-state index in [1.54, 1.807) is 0 Å². The normalized spacial score (nSPS) is 10.3. The lowest BCUT2D eigenvalue weighted by molar-refractivity contribution is 0.144. The van der Waals surface area contributed by atoms with Crippen molar-refractivity contribution in [3.63, 3.8) is 0 Å². The van der Waals surface area contributed by atoms with Gasteiger partial charge in [0.15, 0.2) is 0 Å². The van der Waals surface area contributed by atoms with Crippen molar-refractivity contribution < 1.29 is 14.0 Å². The van der Waals surface area contributed by atoms with Crippen LogP contribution in [0.3, 0.4) is 0 Å². The third-order valence-electron chi connectivity index (χ3n) is 2.37. The molecule has 0 aliphatic rings. The Morgan fingerprint density at radius 2 is 1.88 bits per heavy atom. The summed E-state index contributed by atoms with van der Waals surface area (Å²) in [5, 5.41) is 0. The molecule has 0 bridgehead atoms. The van der Waals surface area contributed by atoms with Gasteiger partial charge in [-0.2, -0.15) is 0 Å². The summed E-state index contributed by atoms with van der Waals surface area (Å²) in [6.45, 7) is 7.29. The first-order valence-electron chi connectivity index (χ1n) is 6.23. The summed E-state index contributed by atoms with van der Waals surface area (Å²) in [4.78, 5) is 0. The Kier molecular flexibility index (Phi) is 6.74. The van der Waals surface area contributed by atoms with Crippen LogP contribution < -0.4 is 4.65 Å². The standard InChI is InChI=1S/C13H21BO3/c1-4-6-11-16-14(15-5-2)17-13-10-8-7-9-12(13)3/h7-10H,4-6,11H2,1-3H3. The third kappa shape index (κ3) is 5.24. The maximum absolute atomic E-state index is 5.69. The second kappa shape index (κ2) is 8.15. The number of hydrogen-bond donors (Lipinski definition) is 0. The molecule has 1 aromatic carbocycles. The highest BCUT2D eigenvalue weighted by atomic mass is 16.7. The molecule has 1 aromatic rings. The molecule has 0 saturated carbocycles. The minimum absolute atomic E-state index is 0.572. The molecule has 0 radical (unpaired) electrons. The van der Waals surface area contributed by atoms with Crippen LogP contribution in [0.4, 0.5) is 0 Å². The molecule has 4 heteroatoms. The maximum atomic E-state index is 5.69. The molecular formula is C13H21BO3. The van der Waals surface area contributed by atoms with Gasteiger partial charge in [-0.05, 0) is 31.9 Å². The van der Waals surface area contributed by atoms with E-state index in [-0.39, 0.29) is 0 Å². The number of hydrogen-bond acceptors (Lipinski definition) is 3. The summed E-state index contributed by atoms with van der Waals surface area (Å²) < 4.78 is 16.6. The van der Waals surface area contributed by atoms with Crippen molar-refractivity contribution in [3.05, 3.63) is 29.8 Å². The molecule has 0 amide bonds. The van der Waals surface area contributed by atoms with Crippen molar-refractivity contribution in [3.8, 4) is 5.75 Å². The smallest absolute Gasteiger partial charge is 0.512 e. The summed E-state index contributed by atoms with van der Waals surface area (Å²) >= 11 is 0. The van der Waals surface area contributed by atoms with Crippen LogP contribution in [0, 0.1) is 6.92 Å². The molecule has 0 saturated heterocycles. The van der Waals surface area contributed by atoms with Crippen molar-refractivity contribution in [1.82, 2.24) is 0 Å². The van der Waals surface area contributed by atoms with Crippen LogP contribution in [0.5, 0.6) is 5.75 Å². The van der Waals surface area contributed by atoms with E-state index in [2.05, 4.69) is 6.92 Å². The number of benzene rings is 1. The summed E-state index contributed by atoms with van der Waals surface area (Å²) in [6.07, 6.45) is 2.11. The van der Waals surface area contributed by atoms with Crippen LogP contribution in [0.1, 0.15) is 32.3 Å². The first-order valence-corrected chi connectivity index (χ1v) is 6.23. The summed E-state index contributed by atoms with van der Waals surface area (Å²) in [5.41, 5.74) is 1.08. The van der Waals surface area contributed by atoms with Crippen LogP contribution in [-0.2, 0) is 9.31 Å². The van der Waals surface area contributed by atoms with Crippen molar-refractivity contribution in [2.45, 2.75) is 33.6 Å². The van der Waals surface area contributed by atoms with Crippen LogP contribution in [0.25, 0.3) is 0 Å². The zero-order valence-corrected chi connectivity index (χ0v) is 10.9. The van der Waals surface area contributed by atoms with Gasteiger partial charge < -0.3 is 14.0 Å². The zero-order valence-electron chi connectivity index (χ0n) is 10.9. The first kappa shape index (κ1) is 14.1. The monoisotopic (exact) mass is 236 g/mol. The van der Waals surface area contributed by atoms with E-state index in [1.807, 2.05) is 38.1 Å². The van der Waals surface area contributed by atoms with Crippen LogP contribution in [-0.4, -0.2) is 20.5 Å². The van der Waals surface area contributed by atoms with E-state index in [9.17, 15) is 0 Å². The maximum Gasteiger partial charge on any atom is 0.713 e. The Morgan fingerprint density at radius 1 is 1.12 bits per heavy atom. The predicted molar refractivity (Wildman–Crippen MR) is 70.0 cm³/mol. The Morgan fingerprint density at radius 3 is 2.53 bits per heavy atom. The minimum Gasteiger partial charge on any atom is -0.512 e. The highest BCUT2D eigenvalue weighted by Gasteiger charge is 2.23. The summed E-state index contributed by atoms with van der Waals surface area (Å²) in [5.74, 6) is 0.808. The molecule has 0 aliphatic heterocycles. The number of unbranched alkanes of at least 4 members (excludes halogenated alkanes) is 1. The number of para-hydroxylation sites is 1. The van der Waals surface area contributed by atoms with Gasteiger partial charge in [0.2, 0.25) is 0 Å². The van der Waals surface area contributed by atoms with Gasteiger partial charge in [0.1, 0.15) is 5.75 Å². The molecule has 0 heterocycles. The lowest BCUT2D eigenvalue weighted by atomic mass is 10.1. The Bertz CT molecular complexity index is 317. The minimum atomic E-state index is -0.604. The second-order valence-corrected chi connectivity index (χ2v) is 3.85. The summed E-state index contributed by atoms with van der Waals surface area (Å²) in [6, 6.07) is 7.85. The fourth-order valence-corrected chi connectivity index (χ4v) is 1.37. The lowest BCUT2D eigenvalue weighted by Crippen LogP contribution is -2.31. The van der Waals surface area contributed by atoms with E-state index in [4.69, 9.17) is 14.0 Å². The average Bonchev–Trinajstić information content (AvgIpc) is 2.32. The van der Waals surface area contributed by atoms with Gasteiger partial charge in [-0.1, -0.05) is 31.5 Å². The van der Waals surface area contributed by atoms with Crippen LogP contribution >= 0.6 is 0 Å². The first-order chi connectivity index (χ1) is 8.27. The second-order valence-electron chi connectivity index (χ2n) is 3.85. The van der Waals surface area contributed by atoms with Gasteiger partial charge in [-0.15, -0.1) is 0 Å². The van der Waals surface area contributed by atoms with Crippen LogP contribution in [0.2, 0.25) is 0 Å². The quantitative estimate of drug-likeness (QED) is 0.512. The lowest BCUT2D eigenvalue weighted by Gasteiger charge is -2.15. The fraction of sp³-hybridized carbons (Fsp3) is 0.538. The van der Waals surface area contributed by atoms with Crippen molar-refractivity contribution in [1.29, 1.82) is 0 Å². The van der Waals surface area contributed by atoms with Gasteiger partial charge in [-0.25, -0.2) is 0 Å². The fourth-order valence-electron chi connectivity index (χ4n) is 1.37. The molecule has 0 atom stereocenters. The predicted octanol–water partition coefficient (Wildman–Crippen LogP) is 3.21. The molecule has 0 spiro atoms. The van der Waals surface area contributed by atoms with Gasteiger partial charge in [0.25, 0.3) is 0 Å².